The van der Waals surface area contributed by atoms with E-state index >= 15 is 0 Å². The number of aryl methyl sites for hydroxylation is 2. The van der Waals surface area contributed by atoms with Crippen molar-refractivity contribution in [3.63, 3.8) is 0 Å². The van der Waals surface area contributed by atoms with Gasteiger partial charge in [-0.05, 0) is 55.1 Å². The van der Waals surface area contributed by atoms with Crippen molar-refractivity contribution >= 4 is 36.3 Å². The number of fused-ring (bicyclic) bond motifs is 1. The van der Waals surface area contributed by atoms with E-state index in [-0.39, 0.29) is 15.5 Å². The molecule has 4 aromatic rings. The lowest BCUT2D eigenvalue weighted by molar-refractivity contribution is 0.595. The number of nitrogens with one attached hydrogen (secondary N) is 1. The van der Waals surface area contributed by atoms with Gasteiger partial charge in [0.2, 0.25) is 0 Å². The Kier molecular flexibility index (Phi) is 5.79. The quantitative estimate of drug-likeness (QED) is 0.423. The summed E-state index contributed by atoms with van der Waals surface area (Å²) in [7, 11) is -7.34. The van der Waals surface area contributed by atoms with Gasteiger partial charge in [-0.25, -0.2) is 16.8 Å². The number of rotatable bonds is 6. The van der Waals surface area contributed by atoms with E-state index in [1.165, 1.54) is 0 Å². The second kappa shape index (κ2) is 8.41. The lowest BCUT2D eigenvalue weighted by Gasteiger charge is -2.14. The van der Waals surface area contributed by atoms with Crippen LogP contribution in [0.1, 0.15) is 16.7 Å². The predicted molar refractivity (Wildman–Crippen MR) is 128 cm³/mol. The van der Waals surface area contributed by atoms with Gasteiger partial charge < -0.3 is 0 Å². The molecular weight excluding hydrogens is 442 g/mol. The Labute approximate surface area is 188 Å². The highest BCUT2D eigenvalue weighted by Gasteiger charge is 2.20. The summed E-state index contributed by atoms with van der Waals surface area (Å²) < 4.78 is 54.3. The van der Waals surface area contributed by atoms with Crippen LogP contribution in [0.15, 0.2) is 94.7 Å². The average Bonchev–Trinajstić information content (AvgIpc) is 2.76. The molecule has 0 bridgehead atoms. The molecule has 0 aliphatic rings. The summed E-state index contributed by atoms with van der Waals surface area (Å²) in [5.41, 5.74) is 2.96. The van der Waals surface area contributed by atoms with Crippen LogP contribution in [-0.2, 0) is 25.6 Å². The number of sulfonamides is 1. The first-order valence-corrected chi connectivity index (χ1v) is 13.2. The van der Waals surface area contributed by atoms with Crippen LogP contribution in [0.2, 0.25) is 0 Å². The Morgan fingerprint density at radius 2 is 1.16 bits per heavy atom. The van der Waals surface area contributed by atoms with Crippen LogP contribution in [0.25, 0.3) is 10.8 Å². The van der Waals surface area contributed by atoms with Crippen LogP contribution in [0.5, 0.6) is 0 Å². The molecule has 0 atom stereocenters. The molecule has 0 fully saturated rings. The van der Waals surface area contributed by atoms with E-state index in [9.17, 15) is 16.8 Å². The van der Waals surface area contributed by atoms with E-state index < -0.39 is 19.9 Å². The van der Waals surface area contributed by atoms with Crippen LogP contribution in [0.3, 0.4) is 0 Å². The van der Waals surface area contributed by atoms with Crippen molar-refractivity contribution in [2.24, 2.45) is 0 Å². The van der Waals surface area contributed by atoms with Crippen LogP contribution >= 0.6 is 0 Å². The first-order chi connectivity index (χ1) is 15.2. The molecule has 0 aliphatic carbocycles. The van der Waals surface area contributed by atoms with Crippen molar-refractivity contribution in [1.82, 2.24) is 0 Å². The zero-order valence-electron chi connectivity index (χ0n) is 17.7. The van der Waals surface area contributed by atoms with Crippen molar-refractivity contribution < 1.29 is 16.8 Å². The van der Waals surface area contributed by atoms with Gasteiger partial charge in [-0.1, -0.05) is 65.7 Å². The zero-order chi connectivity index (χ0) is 22.9. The highest BCUT2D eigenvalue weighted by atomic mass is 32.2. The Balaban J connectivity index is 1.72. The van der Waals surface area contributed by atoms with Crippen LogP contribution in [-0.4, -0.2) is 16.8 Å². The van der Waals surface area contributed by atoms with Crippen molar-refractivity contribution in [3.8, 4) is 0 Å². The molecule has 1 N–H and O–H groups in total. The minimum absolute atomic E-state index is 0.165. The van der Waals surface area contributed by atoms with Gasteiger partial charge >= 0.3 is 0 Å². The van der Waals surface area contributed by atoms with Crippen molar-refractivity contribution in [2.75, 3.05) is 4.72 Å². The smallest absolute Gasteiger partial charge is 0.261 e. The molecule has 0 saturated carbocycles. The number of hydrogen-bond donors (Lipinski definition) is 1. The highest BCUT2D eigenvalue weighted by molar-refractivity contribution is 7.92. The number of hydrogen-bond acceptors (Lipinski definition) is 4. The molecule has 4 aromatic carbocycles. The summed E-state index contributed by atoms with van der Waals surface area (Å²) >= 11 is 0. The summed E-state index contributed by atoms with van der Waals surface area (Å²) in [4.78, 5) is 0.425. The van der Waals surface area contributed by atoms with E-state index in [1.54, 1.807) is 78.9 Å². The van der Waals surface area contributed by atoms with Gasteiger partial charge in [-0.15, -0.1) is 0 Å². The predicted octanol–water partition coefficient (Wildman–Crippen LogP) is 5.23. The fourth-order valence-corrected chi connectivity index (χ4v) is 5.99. The Hall–Kier alpha value is -3.16. The summed E-state index contributed by atoms with van der Waals surface area (Å²) in [5.74, 6) is -0.179. The molecule has 5 nitrogen and oxygen atoms in total. The van der Waals surface area contributed by atoms with E-state index in [2.05, 4.69) is 4.72 Å². The molecule has 0 saturated heterocycles. The maximum absolute atomic E-state index is 13.0. The van der Waals surface area contributed by atoms with Crippen molar-refractivity contribution in [1.29, 1.82) is 0 Å². The first-order valence-electron chi connectivity index (χ1n) is 10.1. The maximum Gasteiger partial charge on any atom is 0.261 e. The third-order valence-corrected chi connectivity index (χ3v) is 8.38. The van der Waals surface area contributed by atoms with Gasteiger partial charge in [-0.2, -0.15) is 0 Å². The van der Waals surface area contributed by atoms with Gasteiger partial charge in [0.25, 0.3) is 10.0 Å². The monoisotopic (exact) mass is 465 g/mol. The van der Waals surface area contributed by atoms with Gasteiger partial charge in [-0.3, -0.25) is 4.72 Å². The minimum atomic E-state index is -3.78. The summed E-state index contributed by atoms with van der Waals surface area (Å²) in [6, 6.07) is 23.8. The molecule has 0 unspecified atom stereocenters. The zero-order valence-corrected chi connectivity index (χ0v) is 19.4. The first kappa shape index (κ1) is 22.0. The van der Waals surface area contributed by atoms with E-state index in [0.29, 0.717) is 22.0 Å². The van der Waals surface area contributed by atoms with E-state index in [1.807, 2.05) is 19.9 Å². The molecule has 7 heteroatoms. The molecule has 0 spiro atoms. The van der Waals surface area contributed by atoms with Crippen molar-refractivity contribution in [2.45, 2.75) is 29.4 Å². The molecule has 0 amide bonds. The summed E-state index contributed by atoms with van der Waals surface area (Å²) in [5, 5.41) is 1.33. The van der Waals surface area contributed by atoms with Gasteiger partial charge in [0.1, 0.15) is 0 Å². The molecule has 0 radical (unpaired) electrons. The Morgan fingerprint density at radius 3 is 1.75 bits per heavy atom. The second-order valence-corrected chi connectivity index (χ2v) is 11.5. The van der Waals surface area contributed by atoms with Crippen molar-refractivity contribution in [3.05, 3.63) is 102 Å². The molecule has 0 aromatic heterocycles. The largest absolute Gasteiger partial charge is 0.279 e. The molecular formula is C25H23NO4S2. The molecule has 164 valence electrons. The number of anilines is 1. The third-order valence-electron chi connectivity index (χ3n) is 5.32. The molecule has 0 aliphatic heterocycles. The minimum Gasteiger partial charge on any atom is -0.279 e. The Bertz CT molecular complexity index is 1370. The maximum atomic E-state index is 13.0. The second-order valence-electron chi connectivity index (χ2n) is 7.81. The lowest BCUT2D eigenvalue weighted by atomic mass is 10.0. The Morgan fingerprint density at radius 1 is 0.625 bits per heavy atom. The van der Waals surface area contributed by atoms with Crippen LogP contribution < -0.4 is 4.72 Å². The van der Waals surface area contributed by atoms with E-state index in [4.69, 9.17) is 0 Å². The third kappa shape index (κ3) is 4.54. The van der Waals surface area contributed by atoms with Crippen LogP contribution in [0.4, 0.5) is 5.69 Å². The molecule has 0 heterocycles. The normalized spacial score (nSPS) is 12.1. The van der Waals surface area contributed by atoms with Gasteiger partial charge in [0.05, 0.1) is 21.2 Å². The fraction of sp³-hybridized carbons (Fsp3) is 0.120. The number of benzene rings is 4. The fourth-order valence-electron chi connectivity index (χ4n) is 3.53. The summed E-state index contributed by atoms with van der Waals surface area (Å²) in [6.45, 7) is 3.79. The van der Waals surface area contributed by atoms with Gasteiger partial charge in [0, 0.05) is 5.39 Å². The standard InChI is InChI=1S/C25H23NO4S2/c1-18-7-12-21(13-8-18)31(27,28)17-20-11-16-25(24-6-4-3-5-23(20)24)26-32(29,30)22-14-9-19(2)10-15-22/h3-16,26H,17H2,1-2H3. The van der Waals surface area contributed by atoms with Gasteiger partial charge in [0.15, 0.2) is 9.84 Å². The number of sulfone groups is 1. The SMILES string of the molecule is Cc1ccc(S(=O)(=O)Cc2ccc(NS(=O)(=O)c3ccc(C)cc3)c3ccccc23)cc1. The summed E-state index contributed by atoms with van der Waals surface area (Å²) in [6.07, 6.45) is 0. The molecule has 32 heavy (non-hydrogen) atoms. The van der Waals surface area contributed by atoms with E-state index in [0.717, 1.165) is 11.1 Å². The lowest BCUT2D eigenvalue weighted by Crippen LogP contribution is -2.13. The molecule has 4 rings (SSSR count). The highest BCUT2D eigenvalue weighted by Crippen LogP contribution is 2.31. The topological polar surface area (TPSA) is 80.3 Å². The average molecular weight is 466 g/mol. The van der Waals surface area contributed by atoms with Crippen LogP contribution in [0, 0.1) is 13.8 Å².